The van der Waals surface area contributed by atoms with Crippen LogP contribution in [0.3, 0.4) is 0 Å². The van der Waals surface area contributed by atoms with Crippen LogP contribution in [-0.4, -0.2) is 24.0 Å². The van der Waals surface area contributed by atoms with Crippen LogP contribution in [-0.2, 0) is 6.54 Å². The Labute approximate surface area is 136 Å². The maximum Gasteiger partial charge on any atom is 0.191 e. The molecule has 0 spiro atoms. The number of nitrogens with zero attached hydrogens (tertiary/aromatic N) is 2. The maximum atomic E-state index is 4.29. The van der Waals surface area contributed by atoms with E-state index in [-0.39, 0.29) is 24.0 Å². The molecular weight excluding hydrogens is 371 g/mol. The molecule has 0 radical (unpaired) electrons. The number of hydrogen-bond acceptors (Lipinski definition) is 3. The Morgan fingerprint density at radius 3 is 2.74 bits per heavy atom. The highest BCUT2D eigenvalue weighted by Crippen LogP contribution is 2.17. The Morgan fingerprint density at radius 2 is 2.16 bits per heavy atom. The second-order valence-electron chi connectivity index (χ2n) is 4.77. The van der Waals surface area contributed by atoms with Crippen molar-refractivity contribution in [2.45, 2.75) is 51.6 Å². The summed E-state index contributed by atoms with van der Waals surface area (Å²) in [5, 5.41) is 6.88. The van der Waals surface area contributed by atoms with Crippen molar-refractivity contribution >= 4 is 41.3 Å². The van der Waals surface area contributed by atoms with Gasteiger partial charge < -0.3 is 10.6 Å². The molecule has 0 aliphatic heterocycles. The number of halogens is 1. The molecule has 0 unspecified atom stereocenters. The SMILES string of the molecule is CN=C(NCc1scnc1C)NC1CCCCC1.I. The van der Waals surface area contributed by atoms with Gasteiger partial charge in [0, 0.05) is 18.0 Å². The lowest BCUT2D eigenvalue weighted by Gasteiger charge is -2.24. The summed E-state index contributed by atoms with van der Waals surface area (Å²) in [6.45, 7) is 2.85. The van der Waals surface area contributed by atoms with E-state index >= 15 is 0 Å². The first-order valence-corrected chi connectivity index (χ1v) is 7.53. The molecule has 6 heteroatoms. The second kappa shape index (κ2) is 8.73. The average molecular weight is 394 g/mol. The molecule has 0 amide bonds. The lowest BCUT2D eigenvalue weighted by atomic mass is 9.96. The van der Waals surface area contributed by atoms with E-state index < -0.39 is 0 Å². The third kappa shape index (κ3) is 5.25. The van der Waals surface area contributed by atoms with Crippen LogP contribution in [0.15, 0.2) is 10.5 Å². The highest BCUT2D eigenvalue weighted by Gasteiger charge is 2.14. The smallest absolute Gasteiger partial charge is 0.191 e. The summed E-state index contributed by atoms with van der Waals surface area (Å²) in [4.78, 5) is 9.82. The van der Waals surface area contributed by atoms with Gasteiger partial charge in [-0.1, -0.05) is 19.3 Å². The van der Waals surface area contributed by atoms with Crippen LogP contribution >= 0.6 is 35.3 Å². The van der Waals surface area contributed by atoms with Crippen LogP contribution in [0.25, 0.3) is 0 Å². The number of aryl methyl sites for hydroxylation is 1. The molecule has 1 saturated carbocycles. The van der Waals surface area contributed by atoms with Gasteiger partial charge in [-0.15, -0.1) is 35.3 Å². The first kappa shape index (κ1) is 16.7. The summed E-state index contributed by atoms with van der Waals surface area (Å²) in [6.07, 6.45) is 6.58. The van der Waals surface area contributed by atoms with Gasteiger partial charge in [0.2, 0.25) is 0 Å². The summed E-state index contributed by atoms with van der Waals surface area (Å²) in [5.41, 5.74) is 3.00. The zero-order chi connectivity index (χ0) is 12.8. The number of aromatic nitrogens is 1. The fourth-order valence-corrected chi connectivity index (χ4v) is 3.01. The monoisotopic (exact) mass is 394 g/mol. The van der Waals surface area contributed by atoms with Crippen molar-refractivity contribution in [2.24, 2.45) is 4.99 Å². The van der Waals surface area contributed by atoms with E-state index in [9.17, 15) is 0 Å². The summed E-state index contributed by atoms with van der Waals surface area (Å²) in [7, 11) is 1.83. The maximum absolute atomic E-state index is 4.29. The predicted molar refractivity (Wildman–Crippen MR) is 92.5 cm³/mol. The van der Waals surface area contributed by atoms with Crippen LogP contribution in [0.5, 0.6) is 0 Å². The predicted octanol–water partition coefficient (Wildman–Crippen LogP) is 3.07. The van der Waals surface area contributed by atoms with Gasteiger partial charge in [-0.25, -0.2) is 4.98 Å². The van der Waals surface area contributed by atoms with Gasteiger partial charge in [0.25, 0.3) is 0 Å². The first-order valence-electron chi connectivity index (χ1n) is 6.65. The largest absolute Gasteiger partial charge is 0.354 e. The molecule has 0 saturated heterocycles. The molecule has 19 heavy (non-hydrogen) atoms. The van der Waals surface area contributed by atoms with Gasteiger partial charge in [-0.05, 0) is 19.8 Å². The minimum absolute atomic E-state index is 0. The molecule has 2 rings (SSSR count). The molecule has 1 aromatic heterocycles. The number of rotatable bonds is 3. The highest BCUT2D eigenvalue weighted by molar-refractivity contribution is 14.0. The topological polar surface area (TPSA) is 49.3 Å². The van der Waals surface area contributed by atoms with Gasteiger partial charge in [0.15, 0.2) is 5.96 Å². The van der Waals surface area contributed by atoms with Crippen molar-refractivity contribution in [3.8, 4) is 0 Å². The number of nitrogens with one attached hydrogen (secondary N) is 2. The van der Waals surface area contributed by atoms with E-state index in [1.807, 2.05) is 19.5 Å². The van der Waals surface area contributed by atoms with Crippen molar-refractivity contribution in [1.29, 1.82) is 0 Å². The Kier molecular flexibility index (Phi) is 7.67. The van der Waals surface area contributed by atoms with E-state index in [0.717, 1.165) is 18.2 Å². The van der Waals surface area contributed by atoms with E-state index in [4.69, 9.17) is 0 Å². The number of aliphatic imine (C=N–C) groups is 1. The van der Waals surface area contributed by atoms with Crippen molar-refractivity contribution < 1.29 is 0 Å². The Hall–Kier alpha value is -0.370. The highest BCUT2D eigenvalue weighted by atomic mass is 127. The van der Waals surface area contributed by atoms with E-state index in [2.05, 4.69) is 20.6 Å². The van der Waals surface area contributed by atoms with Gasteiger partial charge >= 0.3 is 0 Å². The quantitative estimate of drug-likeness (QED) is 0.471. The first-order chi connectivity index (χ1) is 8.79. The number of guanidine groups is 1. The van der Waals surface area contributed by atoms with Crippen molar-refractivity contribution in [1.82, 2.24) is 15.6 Å². The summed E-state index contributed by atoms with van der Waals surface area (Å²) in [6, 6.07) is 0.590. The molecule has 4 nitrogen and oxygen atoms in total. The fraction of sp³-hybridized carbons (Fsp3) is 0.692. The molecule has 0 aromatic carbocycles. The van der Waals surface area contributed by atoms with Crippen molar-refractivity contribution in [2.75, 3.05) is 7.05 Å². The molecule has 2 N–H and O–H groups in total. The van der Waals surface area contributed by atoms with Gasteiger partial charge in [0.1, 0.15) is 0 Å². The van der Waals surface area contributed by atoms with E-state index in [0.29, 0.717) is 6.04 Å². The Bertz CT molecular complexity index is 399. The lowest BCUT2D eigenvalue weighted by molar-refractivity contribution is 0.410. The number of hydrogen-bond donors (Lipinski definition) is 2. The van der Waals surface area contributed by atoms with Gasteiger partial charge in [0.05, 0.1) is 17.7 Å². The van der Waals surface area contributed by atoms with Crippen molar-refractivity contribution in [3.05, 3.63) is 16.1 Å². The molecule has 1 aliphatic carbocycles. The van der Waals surface area contributed by atoms with E-state index in [1.165, 1.54) is 37.0 Å². The van der Waals surface area contributed by atoms with Gasteiger partial charge in [-0.3, -0.25) is 4.99 Å². The molecule has 0 atom stereocenters. The minimum atomic E-state index is 0. The minimum Gasteiger partial charge on any atom is -0.354 e. The van der Waals surface area contributed by atoms with Crippen LogP contribution < -0.4 is 10.6 Å². The standard InChI is InChI=1S/C13H22N4S.HI/c1-10-12(18-9-16-10)8-15-13(14-2)17-11-6-4-3-5-7-11;/h9,11H,3-8H2,1-2H3,(H2,14,15,17);1H. The molecule has 0 bridgehead atoms. The third-order valence-corrected chi connectivity index (χ3v) is 4.37. The van der Waals surface area contributed by atoms with E-state index in [1.54, 1.807) is 11.3 Å². The van der Waals surface area contributed by atoms with Crippen LogP contribution in [0.1, 0.15) is 42.7 Å². The van der Waals surface area contributed by atoms with Gasteiger partial charge in [-0.2, -0.15) is 0 Å². The molecule has 1 heterocycles. The summed E-state index contributed by atoms with van der Waals surface area (Å²) < 4.78 is 0. The normalized spacial score (nSPS) is 16.8. The summed E-state index contributed by atoms with van der Waals surface area (Å²) >= 11 is 1.69. The third-order valence-electron chi connectivity index (χ3n) is 3.43. The van der Waals surface area contributed by atoms with Crippen LogP contribution in [0.4, 0.5) is 0 Å². The zero-order valence-corrected chi connectivity index (χ0v) is 14.8. The Balaban J connectivity index is 0.00000180. The second-order valence-corrected chi connectivity index (χ2v) is 5.71. The fourth-order valence-electron chi connectivity index (χ4n) is 2.29. The summed E-state index contributed by atoms with van der Waals surface area (Å²) in [5.74, 6) is 0.912. The molecule has 1 aromatic rings. The molecule has 108 valence electrons. The average Bonchev–Trinajstić information content (AvgIpc) is 2.81. The molecule has 1 fully saturated rings. The molecule has 1 aliphatic rings. The van der Waals surface area contributed by atoms with Crippen LogP contribution in [0.2, 0.25) is 0 Å². The van der Waals surface area contributed by atoms with Crippen molar-refractivity contribution in [3.63, 3.8) is 0 Å². The molecular formula is C13H23IN4S. The zero-order valence-electron chi connectivity index (χ0n) is 11.6. The number of thiazole rings is 1. The lowest BCUT2D eigenvalue weighted by Crippen LogP contribution is -2.43. The Morgan fingerprint density at radius 1 is 1.42 bits per heavy atom. The van der Waals surface area contributed by atoms with Crippen LogP contribution in [0, 0.1) is 6.92 Å².